The van der Waals surface area contributed by atoms with E-state index in [4.69, 9.17) is 0 Å². The molecule has 1 atom stereocenters. The number of rotatable bonds is 3. The van der Waals surface area contributed by atoms with Gasteiger partial charge in [0.1, 0.15) is 5.69 Å². The maximum absolute atomic E-state index is 12.8. The number of aromatic nitrogens is 2. The molecule has 4 nitrogen and oxygen atoms in total. The van der Waals surface area contributed by atoms with Crippen molar-refractivity contribution in [2.45, 2.75) is 25.8 Å². The van der Waals surface area contributed by atoms with Crippen LogP contribution in [0.5, 0.6) is 0 Å². The molecule has 1 rings (SSSR count). The monoisotopic (exact) mass is 217 g/mol. The number of imidazole rings is 1. The highest BCUT2D eigenvalue weighted by Crippen LogP contribution is 2.16. The van der Waals surface area contributed by atoms with E-state index in [1.165, 1.54) is 19.4 Å². The molecule has 6 heteroatoms. The molecule has 1 heterocycles. The number of halogens is 2. The smallest absolute Gasteiger partial charge is 0.271 e. The van der Waals surface area contributed by atoms with Crippen molar-refractivity contribution in [2.24, 2.45) is 7.05 Å². The van der Waals surface area contributed by atoms with Crippen LogP contribution in [0, 0.1) is 0 Å². The minimum atomic E-state index is -2.94. The van der Waals surface area contributed by atoms with Gasteiger partial charge in [-0.3, -0.25) is 4.79 Å². The van der Waals surface area contributed by atoms with E-state index in [1.807, 2.05) is 0 Å². The highest BCUT2D eigenvalue weighted by Gasteiger charge is 2.31. The molecule has 84 valence electrons. The lowest BCUT2D eigenvalue weighted by Gasteiger charge is -2.19. The summed E-state index contributed by atoms with van der Waals surface area (Å²) in [7, 11) is 1.70. The number of amides is 1. The zero-order chi connectivity index (χ0) is 11.6. The third-order valence-electron chi connectivity index (χ3n) is 2.05. The lowest BCUT2D eigenvalue weighted by molar-refractivity contribution is -0.0108. The Morgan fingerprint density at radius 2 is 2.27 bits per heavy atom. The van der Waals surface area contributed by atoms with Gasteiger partial charge in [0.15, 0.2) is 0 Å². The quantitative estimate of drug-likeness (QED) is 0.826. The summed E-state index contributed by atoms with van der Waals surface area (Å²) in [5.74, 6) is -3.53. The minimum Gasteiger partial charge on any atom is -0.342 e. The topological polar surface area (TPSA) is 46.9 Å². The molecule has 1 aromatic heterocycles. The molecule has 0 aliphatic carbocycles. The van der Waals surface area contributed by atoms with Crippen LogP contribution in [0.3, 0.4) is 0 Å². The normalized spacial score (nSPS) is 13.7. The first-order valence-corrected chi connectivity index (χ1v) is 4.47. The van der Waals surface area contributed by atoms with Crippen LogP contribution in [-0.2, 0) is 7.05 Å². The zero-order valence-electron chi connectivity index (χ0n) is 8.79. The molecule has 0 saturated heterocycles. The predicted octanol–water partition coefficient (Wildman–Crippen LogP) is 1.19. The molecular weight excluding hydrogens is 204 g/mol. The van der Waals surface area contributed by atoms with Crippen molar-refractivity contribution in [3.63, 3.8) is 0 Å². The summed E-state index contributed by atoms with van der Waals surface area (Å²) in [6, 6.07) is -1.22. The van der Waals surface area contributed by atoms with Gasteiger partial charge in [0.05, 0.1) is 12.4 Å². The van der Waals surface area contributed by atoms with Gasteiger partial charge in [-0.2, -0.15) is 0 Å². The van der Waals surface area contributed by atoms with E-state index in [2.05, 4.69) is 10.3 Å². The lowest BCUT2D eigenvalue weighted by Crippen LogP contribution is -2.43. The Labute approximate surface area is 86.3 Å². The number of nitrogens with zero attached hydrogens (tertiary/aromatic N) is 2. The lowest BCUT2D eigenvalue weighted by atomic mass is 10.2. The van der Waals surface area contributed by atoms with Crippen molar-refractivity contribution < 1.29 is 13.6 Å². The second-order valence-corrected chi connectivity index (χ2v) is 3.58. The fraction of sp³-hybridized carbons (Fsp3) is 0.556. The number of hydrogen-bond acceptors (Lipinski definition) is 2. The highest BCUT2D eigenvalue weighted by molar-refractivity contribution is 5.92. The predicted molar refractivity (Wildman–Crippen MR) is 50.8 cm³/mol. The van der Waals surface area contributed by atoms with E-state index in [0.717, 1.165) is 6.92 Å². The minimum absolute atomic E-state index is 0.133. The van der Waals surface area contributed by atoms with E-state index in [1.54, 1.807) is 11.6 Å². The summed E-state index contributed by atoms with van der Waals surface area (Å²) >= 11 is 0. The Hall–Kier alpha value is -1.46. The van der Waals surface area contributed by atoms with E-state index >= 15 is 0 Å². The zero-order valence-corrected chi connectivity index (χ0v) is 8.79. The van der Waals surface area contributed by atoms with Gasteiger partial charge < -0.3 is 9.88 Å². The Morgan fingerprint density at radius 1 is 1.67 bits per heavy atom. The Bertz CT molecular complexity index is 356. The van der Waals surface area contributed by atoms with Crippen LogP contribution >= 0.6 is 0 Å². The maximum atomic E-state index is 12.8. The summed E-state index contributed by atoms with van der Waals surface area (Å²) in [5.41, 5.74) is 0.133. The molecule has 0 unspecified atom stereocenters. The fourth-order valence-corrected chi connectivity index (χ4v) is 0.927. The van der Waals surface area contributed by atoms with Crippen molar-refractivity contribution in [1.29, 1.82) is 0 Å². The van der Waals surface area contributed by atoms with Crippen LogP contribution in [0.1, 0.15) is 24.3 Å². The summed E-state index contributed by atoms with van der Waals surface area (Å²) in [4.78, 5) is 15.2. The number of carbonyl (C=O) groups excluding carboxylic acids is 1. The van der Waals surface area contributed by atoms with Gasteiger partial charge in [-0.25, -0.2) is 13.8 Å². The second-order valence-electron chi connectivity index (χ2n) is 3.58. The van der Waals surface area contributed by atoms with Crippen molar-refractivity contribution in [3.8, 4) is 0 Å². The van der Waals surface area contributed by atoms with Gasteiger partial charge in [-0.05, 0) is 6.92 Å². The van der Waals surface area contributed by atoms with Crippen LogP contribution in [0.4, 0.5) is 8.78 Å². The molecule has 0 fully saturated rings. The Morgan fingerprint density at radius 3 is 2.67 bits per heavy atom. The van der Waals surface area contributed by atoms with Gasteiger partial charge in [-0.1, -0.05) is 0 Å². The molecular formula is C9H13F2N3O. The van der Waals surface area contributed by atoms with E-state index in [9.17, 15) is 13.6 Å². The van der Waals surface area contributed by atoms with Crippen molar-refractivity contribution in [1.82, 2.24) is 14.9 Å². The SMILES string of the molecule is C[C@H](NC(=O)c1cn(C)cn1)C(C)(F)F. The number of carbonyl (C=O) groups is 1. The van der Waals surface area contributed by atoms with Gasteiger partial charge in [0.25, 0.3) is 11.8 Å². The largest absolute Gasteiger partial charge is 0.342 e. The maximum Gasteiger partial charge on any atom is 0.271 e. The Balaban J connectivity index is 2.64. The summed E-state index contributed by atoms with van der Waals surface area (Å²) < 4.78 is 27.1. The molecule has 0 bridgehead atoms. The first kappa shape index (κ1) is 11.6. The molecule has 0 aliphatic rings. The van der Waals surface area contributed by atoms with Gasteiger partial charge in [-0.15, -0.1) is 0 Å². The Kier molecular flexibility index (Phi) is 3.06. The summed E-state index contributed by atoms with van der Waals surface area (Å²) in [6.07, 6.45) is 2.90. The van der Waals surface area contributed by atoms with Gasteiger partial charge >= 0.3 is 0 Å². The molecule has 0 aliphatic heterocycles. The first-order valence-electron chi connectivity index (χ1n) is 4.47. The van der Waals surface area contributed by atoms with Crippen LogP contribution in [0.25, 0.3) is 0 Å². The standard InChI is InChI=1S/C9H13F2N3O/c1-6(9(2,10)11)13-8(15)7-4-14(3)5-12-7/h4-6H,1-3H3,(H,13,15)/t6-/m0/s1. The van der Waals surface area contributed by atoms with Crippen molar-refractivity contribution >= 4 is 5.91 Å². The molecule has 1 amide bonds. The van der Waals surface area contributed by atoms with Gasteiger partial charge in [0, 0.05) is 20.2 Å². The van der Waals surface area contributed by atoms with E-state index in [0.29, 0.717) is 0 Å². The number of alkyl halides is 2. The number of nitrogens with one attached hydrogen (secondary N) is 1. The summed E-state index contributed by atoms with van der Waals surface area (Å²) in [6.45, 7) is 2.01. The van der Waals surface area contributed by atoms with E-state index in [-0.39, 0.29) is 5.69 Å². The van der Waals surface area contributed by atoms with Crippen LogP contribution < -0.4 is 5.32 Å². The molecule has 15 heavy (non-hydrogen) atoms. The van der Waals surface area contributed by atoms with Crippen LogP contribution in [0.15, 0.2) is 12.5 Å². The number of aryl methyl sites for hydroxylation is 1. The van der Waals surface area contributed by atoms with Crippen LogP contribution in [-0.4, -0.2) is 27.4 Å². The molecule has 1 aromatic rings. The third-order valence-corrected chi connectivity index (χ3v) is 2.05. The van der Waals surface area contributed by atoms with Crippen LogP contribution in [0.2, 0.25) is 0 Å². The number of hydrogen-bond donors (Lipinski definition) is 1. The average molecular weight is 217 g/mol. The highest BCUT2D eigenvalue weighted by atomic mass is 19.3. The molecule has 0 aromatic carbocycles. The van der Waals surface area contributed by atoms with Crippen molar-refractivity contribution in [2.75, 3.05) is 0 Å². The van der Waals surface area contributed by atoms with Crippen molar-refractivity contribution in [3.05, 3.63) is 18.2 Å². The fourth-order valence-electron chi connectivity index (χ4n) is 0.927. The molecule has 0 spiro atoms. The molecule has 0 saturated carbocycles. The van der Waals surface area contributed by atoms with E-state index < -0.39 is 17.9 Å². The third kappa shape index (κ3) is 3.00. The summed E-state index contributed by atoms with van der Waals surface area (Å²) in [5, 5.41) is 2.18. The molecule has 0 radical (unpaired) electrons. The second kappa shape index (κ2) is 3.96. The van der Waals surface area contributed by atoms with Gasteiger partial charge in [0.2, 0.25) is 0 Å². The molecule has 1 N–H and O–H groups in total. The average Bonchev–Trinajstić information content (AvgIpc) is 2.50. The first-order chi connectivity index (χ1) is 6.80.